The minimum absolute atomic E-state index is 0.0185. The molecule has 0 radical (unpaired) electrons. The molecule has 27 heavy (non-hydrogen) atoms. The lowest BCUT2D eigenvalue weighted by Gasteiger charge is -2.11. The Morgan fingerprint density at radius 3 is 2.41 bits per heavy atom. The van der Waals surface area contributed by atoms with Gasteiger partial charge in [0.1, 0.15) is 17.4 Å². The predicted molar refractivity (Wildman–Crippen MR) is 103 cm³/mol. The summed E-state index contributed by atoms with van der Waals surface area (Å²) in [4.78, 5) is 8.84. The summed E-state index contributed by atoms with van der Waals surface area (Å²) in [5.41, 5.74) is 2.99. The highest BCUT2D eigenvalue weighted by atomic mass is 32.2. The normalized spacial score (nSPS) is 10.9. The fraction of sp³-hybridized carbons (Fsp3) is 0.238. The molecule has 3 nitrogen and oxygen atoms in total. The minimum atomic E-state index is -0.569. The zero-order valence-corrected chi connectivity index (χ0v) is 16.2. The number of thioether (sulfide) groups is 1. The Morgan fingerprint density at radius 1 is 1.00 bits per heavy atom. The van der Waals surface area contributed by atoms with Gasteiger partial charge in [-0.05, 0) is 49.6 Å². The minimum Gasteiger partial charge on any atom is -0.439 e. The van der Waals surface area contributed by atoms with E-state index in [2.05, 4.69) is 9.97 Å². The van der Waals surface area contributed by atoms with E-state index < -0.39 is 11.6 Å². The number of rotatable bonds is 6. The van der Waals surface area contributed by atoms with Crippen LogP contribution in [0.2, 0.25) is 0 Å². The van der Waals surface area contributed by atoms with Gasteiger partial charge in [0.15, 0.2) is 5.16 Å². The van der Waals surface area contributed by atoms with Gasteiger partial charge < -0.3 is 4.74 Å². The van der Waals surface area contributed by atoms with Crippen LogP contribution in [0.4, 0.5) is 8.78 Å². The van der Waals surface area contributed by atoms with E-state index in [9.17, 15) is 8.78 Å². The van der Waals surface area contributed by atoms with Crippen molar-refractivity contribution in [2.45, 2.75) is 38.1 Å². The molecule has 0 N–H and O–H groups in total. The molecule has 3 aromatic rings. The number of halogens is 2. The summed E-state index contributed by atoms with van der Waals surface area (Å²) in [5.74, 6) is 0.120. The molecule has 140 valence electrons. The number of benzene rings is 2. The summed E-state index contributed by atoms with van der Waals surface area (Å²) in [6.45, 7) is 5.99. The number of hydrogen-bond donors (Lipinski definition) is 0. The second kappa shape index (κ2) is 8.48. The standard InChI is InChI=1S/C21H20F2N2OS/c1-4-15-11-20(26-19-10-5-7-13(2)14(19)3)25-21(24-15)27-12-16-17(22)8-6-9-18(16)23/h5-11H,4,12H2,1-3H3. The van der Waals surface area contributed by atoms with Gasteiger partial charge in [0, 0.05) is 23.1 Å². The fourth-order valence-corrected chi connectivity index (χ4v) is 3.39. The van der Waals surface area contributed by atoms with Crippen LogP contribution >= 0.6 is 11.8 Å². The van der Waals surface area contributed by atoms with Crippen molar-refractivity contribution in [3.63, 3.8) is 0 Å². The van der Waals surface area contributed by atoms with Gasteiger partial charge in [0.25, 0.3) is 0 Å². The molecule has 1 aromatic heterocycles. The molecular weight excluding hydrogens is 366 g/mol. The maximum atomic E-state index is 13.8. The molecule has 3 rings (SSSR count). The Bertz CT molecular complexity index is 943. The van der Waals surface area contributed by atoms with Gasteiger partial charge >= 0.3 is 0 Å². The zero-order valence-electron chi connectivity index (χ0n) is 15.4. The van der Waals surface area contributed by atoms with Crippen molar-refractivity contribution in [1.29, 1.82) is 0 Å². The highest BCUT2D eigenvalue weighted by Crippen LogP contribution is 2.29. The van der Waals surface area contributed by atoms with Gasteiger partial charge in [0.05, 0.1) is 0 Å². The molecule has 0 saturated carbocycles. The SMILES string of the molecule is CCc1cc(Oc2cccc(C)c2C)nc(SCc2c(F)cccc2F)n1. The summed E-state index contributed by atoms with van der Waals surface area (Å²) in [7, 11) is 0. The van der Waals surface area contributed by atoms with Crippen molar-refractivity contribution in [2.24, 2.45) is 0 Å². The average molecular weight is 386 g/mol. The Hall–Kier alpha value is -2.47. The first-order valence-corrected chi connectivity index (χ1v) is 9.64. The monoisotopic (exact) mass is 386 g/mol. The van der Waals surface area contributed by atoms with Gasteiger partial charge in [-0.15, -0.1) is 0 Å². The fourth-order valence-electron chi connectivity index (χ4n) is 2.50. The summed E-state index contributed by atoms with van der Waals surface area (Å²) >= 11 is 1.18. The lowest BCUT2D eigenvalue weighted by Crippen LogP contribution is -1.99. The number of aromatic nitrogens is 2. The van der Waals surface area contributed by atoms with Crippen LogP contribution in [-0.4, -0.2) is 9.97 Å². The quantitative estimate of drug-likeness (QED) is 0.383. The first-order valence-electron chi connectivity index (χ1n) is 8.65. The number of aryl methyl sites for hydroxylation is 2. The van der Waals surface area contributed by atoms with Crippen molar-refractivity contribution >= 4 is 11.8 Å². The zero-order chi connectivity index (χ0) is 19.4. The van der Waals surface area contributed by atoms with E-state index in [1.54, 1.807) is 6.07 Å². The molecule has 0 aliphatic rings. The van der Waals surface area contributed by atoms with Crippen molar-refractivity contribution in [1.82, 2.24) is 9.97 Å². The van der Waals surface area contributed by atoms with Gasteiger partial charge in [-0.2, -0.15) is 4.98 Å². The number of hydrogen-bond acceptors (Lipinski definition) is 4. The largest absolute Gasteiger partial charge is 0.439 e. The van der Waals surface area contributed by atoms with Crippen LogP contribution in [-0.2, 0) is 12.2 Å². The van der Waals surface area contributed by atoms with Gasteiger partial charge in [-0.3, -0.25) is 0 Å². The topological polar surface area (TPSA) is 35.0 Å². The van der Waals surface area contributed by atoms with E-state index in [1.807, 2.05) is 39.0 Å². The van der Waals surface area contributed by atoms with Crippen LogP contribution in [0.15, 0.2) is 47.6 Å². The maximum Gasteiger partial charge on any atom is 0.223 e. The maximum absolute atomic E-state index is 13.8. The molecule has 6 heteroatoms. The van der Waals surface area contributed by atoms with Crippen molar-refractivity contribution in [3.05, 3.63) is 76.5 Å². The molecule has 0 aliphatic carbocycles. The highest BCUT2D eigenvalue weighted by molar-refractivity contribution is 7.98. The molecule has 0 atom stereocenters. The summed E-state index contributed by atoms with van der Waals surface area (Å²) in [6, 6.07) is 11.5. The Kier molecular flexibility index (Phi) is 6.06. The molecule has 0 saturated heterocycles. The Balaban J connectivity index is 1.84. The summed E-state index contributed by atoms with van der Waals surface area (Å²) < 4.78 is 33.6. The van der Waals surface area contributed by atoms with Gasteiger partial charge in [0.2, 0.25) is 5.88 Å². The third kappa shape index (κ3) is 4.63. The number of nitrogens with zero attached hydrogens (tertiary/aromatic N) is 2. The Labute approximate surface area is 161 Å². The van der Waals surface area contributed by atoms with E-state index in [4.69, 9.17) is 4.74 Å². The average Bonchev–Trinajstić information content (AvgIpc) is 2.65. The molecular formula is C21H20F2N2OS. The first kappa shape index (κ1) is 19.3. The Morgan fingerprint density at radius 2 is 1.70 bits per heavy atom. The number of ether oxygens (including phenoxy) is 1. The third-order valence-electron chi connectivity index (χ3n) is 4.27. The van der Waals surface area contributed by atoms with Crippen LogP contribution in [0, 0.1) is 25.5 Å². The predicted octanol–water partition coefficient (Wildman–Crippen LogP) is 6.02. The van der Waals surface area contributed by atoms with Crippen molar-refractivity contribution in [2.75, 3.05) is 0 Å². The summed E-state index contributed by atoms with van der Waals surface area (Å²) in [6.07, 6.45) is 0.702. The van der Waals surface area contributed by atoms with Crippen molar-refractivity contribution in [3.8, 4) is 11.6 Å². The van der Waals surface area contributed by atoms with Crippen LogP contribution in [0.5, 0.6) is 11.6 Å². The lowest BCUT2D eigenvalue weighted by molar-refractivity contribution is 0.450. The van der Waals surface area contributed by atoms with Crippen LogP contribution in [0.3, 0.4) is 0 Å². The molecule has 0 amide bonds. The van der Waals surface area contributed by atoms with Gasteiger partial charge in [-0.25, -0.2) is 13.8 Å². The van der Waals surface area contributed by atoms with Crippen molar-refractivity contribution < 1.29 is 13.5 Å². The second-order valence-electron chi connectivity index (χ2n) is 6.12. The third-order valence-corrected chi connectivity index (χ3v) is 5.15. The molecule has 0 bridgehead atoms. The first-order chi connectivity index (χ1) is 13.0. The molecule has 2 aromatic carbocycles. The molecule has 1 heterocycles. The molecule has 0 unspecified atom stereocenters. The van der Waals surface area contributed by atoms with Crippen LogP contribution in [0.1, 0.15) is 29.3 Å². The van der Waals surface area contributed by atoms with E-state index in [-0.39, 0.29) is 11.3 Å². The smallest absolute Gasteiger partial charge is 0.223 e. The van der Waals surface area contributed by atoms with Crippen LogP contribution in [0.25, 0.3) is 0 Å². The lowest BCUT2D eigenvalue weighted by atomic mass is 10.1. The second-order valence-corrected chi connectivity index (χ2v) is 7.07. The molecule has 0 fully saturated rings. The van der Waals surface area contributed by atoms with E-state index in [1.165, 1.54) is 30.0 Å². The highest BCUT2D eigenvalue weighted by Gasteiger charge is 2.12. The van der Waals surface area contributed by atoms with E-state index >= 15 is 0 Å². The van der Waals surface area contributed by atoms with E-state index in [0.29, 0.717) is 17.5 Å². The van der Waals surface area contributed by atoms with Gasteiger partial charge in [-0.1, -0.05) is 36.9 Å². The summed E-state index contributed by atoms with van der Waals surface area (Å²) in [5, 5.41) is 0.428. The van der Waals surface area contributed by atoms with Crippen LogP contribution < -0.4 is 4.74 Å². The molecule has 0 spiro atoms. The van der Waals surface area contributed by atoms with E-state index in [0.717, 1.165) is 22.6 Å². The molecule has 0 aliphatic heterocycles.